The molecule has 1 heterocycles. The molecule has 114 valence electrons. The van der Waals surface area contributed by atoms with Gasteiger partial charge in [-0.05, 0) is 24.6 Å². The molecule has 0 radical (unpaired) electrons. The lowest BCUT2D eigenvalue weighted by Crippen LogP contribution is -2.58. The summed E-state index contributed by atoms with van der Waals surface area (Å²) in [6.07, 6.45) is -4.35. The maximum atomic E-state index is 13.1. The average Bonchev–Trinajstić information content (AvgIpc) is 2.36. The van der Waals surface area contributed by atoms with E-state index in [1.807, 2.05) is 0 Å². The molecule has 5 nitrogen and oxygen atoms in total. The number of hydrogen-bond donors (Lipinski definition) is 2. The van der Waals surface area contributed by atoms with Crippen LogP contribution in [-0.4, -0.2) is 24.4 Å². The van der Waals surface area contributed by atoms with Crippen LogP contribution in [0, 0.1) is 0 Å². The van der Waals surface area contributed by atoms with E-state index in [0.29, 0.717) is 0 Å². The predicted octanol–water partition coefficient (Wildman–Crippen LogP) is 1.53. The zero-order valence-electron chi connectivity index (χ0n) is 11.2. The Bertz CT molecular complexity index is 587. The SMILES string of the molecule is CCC1C(=O)NC(=O)CN1c1ccc(N)cc1C(F)(F)F. The smallest absolute Gasteiger partial charge is 0.399 e. The Morgan fingerprint density at radius 2 is 2.05 bits per heavy atom. The minimum atomic E-state index is -4.63. The lowest BCUT2D eigenvalue weighted by Gasteiger charge is -2.36. The number of amides is 2. The number of nitrogens with one attached hydrogen (secondary N) is 1. The highest BCUT2D eigenvalue weighted by Crippen LogP contribution is 2.39. The number of benzene rings is 1. The molecule has 2 rings (SSSR count). The molecule has 1 aromatic carbocycles. The van der Waals surface area contributed by atoms with Crippen LogP contribution in [0.1, 0.15) is 18.9 Å². The van der Waals surface area contributed by atoms with Crippen molar-refractivity contribution in [1.82, 2.24) is 5.32 Å². The van der Waals surface area contributed by atoms with E-state index in [1.165, 1.54) is 17.0 Å². The summed E-state index contributed by atoms with van der Waals surface area (Å²) in [7, 11) is 0. The number of hydrogen-bond acceptors (Lipinski definition) is 4. The van der Waals surface area contributed by atoms with E-state index in [4.69, 9.17) is 5.73 Å². The Hall–Kier alpha value is -2.25. The van der Waals surface area contributed by atoms with Crippen LogP contribution in [0.25, 0.3) is 0 Å². The van der Waals surface area contributed by atoms with Gasteiger partial charge in [0.25, 0.3) is 0 Å². The van der Waals surface area contributed by atoms with Gasteiger partial charge in [-0.1, -0.05) is 6.92 Å². The fraction of sp³-hybridized carbons (Fsp3) is 0.385. The van der Waals surface area contributed by atoms with Crippen LogP contribution in [0.5, 0.6) is 0 Å². The number of imide groups is 1. The topological polar surface area (TPSA) is 75.4 Å². The summed E-state index contributed by atoms with van der Waals surface area (Å²) in [4.78, 5) is 24.4. The predicted molar refractivity (Wildman–Crippen MR) is 70.4 cm³/mol. The van der Waals surface area contributed by atoms with Crippen LogP contribution < -0.4 is 16.0 Å². The largest absolute Gasteiger partial charge is 0.418 e. The third kappa shape index (κ3) is 2.93. The molecule has 0 spiro atoms. The van der Waals surface area contributed by atoms with Crippen molar-refractivity contribution in [2.75, 3.05) is 17.2 Å². The minimum Gasteiger partial charge on any atom is -0.399 e. The number of rotatable bonds is 2. The van der Waals surface area contributed by atoms with E-state index >= 15 is 0 Å². The van der Waals surface area contributed by atoms with E-state index < -0.39 is 29.6 Å². The van der Waals surface area contributed by atoms with Gasteiger partial charge >= 0.3 is 6.18 Å². The van der Waals surface area contributed by atoms with Crippen LogP contribution in [0.3, 0.4) is 0 Å². The van der Waals surface area contributed by atoms with Crippen molar-refractivity contribution >= 4 is 23.2 Å². The highest BCUT2D eigenvalue weighted by Gasteiger charge is 2.39. The van der Waals surface area contributed by atoms with Crippen LogP contribution in [-0.2, 0) is 15.8 Å². The van der Waals surface area contributed by atoms with Gasteiger partial charge in [-0.25, -0.2) is 0 Å². The molecule has 1 unspecified atom stereocenters. The second kappa shape index (κ2) is 5.27. The molecule has 1 aromatic rings. The quantitative estimate of drug-likeness (QED) is 0.641. The summed E-state index contributed by atoms with van der Waals surface area (Å²) in [6.45, 7) is 1.36. The number of carbonyl (C=O) groups excluding carboxylic acids is 2. The molecule has 8 heteroatoms. The van der Waals surface area contributed by atoms with E-state index in [-0.39, 0.29) is 24.3 Å². The Morgan fingerprint density at radius 1 is 1.38 bits per heavy atom. The second-order valence-corrected chi connectivity index (χ2v) is 4.74. The molecule has 2 amide bonds. The summed E-state index contributed by atoms with van der Waals surface area (Å²) in [5.74, 6) is -1.23. The van der Waals surface area contributed by atoms with Crippen molar-refractivity contribution in [1.29, 1.82) is 0 Å². The van der Waals surface area contributed by atoms with Crippen LogP contribution in [0.15, 0.2) is 18.2 Å². The van der Waals surface area contributed by atoms with Crippen molar-refractivity contribution in [3.63, 3.8) is 0 Å². The van der Waals surface area contributed by atoms with Crippen molar-refractivity contribution < 1.29 is 22.8 Å². The number of piperazine rings is 1. The molecule has 0 bridgehead atoms. The minimum absolute atomic E-state index is 0.0353. The Balaban J connectivity index is 2.53. The highest BCUT2D eigenvalue weighted by atomic mass is 19.4. The van der Waals surface area contributed by atoms with Gasteiger partial charge in [0.2, 0.25) is 11.8 Å². The van der Waals surface area contributed by atoms with Gasteiger partial charge < -0.3 is 10.6 Å². The zero-order chi connectivity index (χ0) is 15.8. The van der Waals surface area contributed by atoms with E-state index in [9.17, 15) is 22.8 Å². The van der Waals surface area contributed by atoms with Crippen molar-refractivity contribution in [3.05, 3.63) is 23.8 Å². The third-order valence-electron chi connectivity index (χ3n) is 3.28. The number of carbonyl (C=O) groups is 2. The van der Waals surface area contributed by atoms with Gasteiger partial charge in [-0.2, -0.15) is 13.2 Å². The van der Waals surface area contributed by atoms with Gasteiger partial charge in [0.1, 0.15) is 6.04 Å². The van der Waals surface area contributed by atoms with Gasteiger partial charge in [-0.3, -0.25) is 14.9 Å². The molecule has 0 aromatic heterocycles. The maximum Gasteiger partial charge on any atom is 0.418 e. The molecular formula is C13H14F3N3O2. The molecule has 1 fully saturated rings. The molecule has 1 aliphatic heterocycles. The molecule has 3 N–H and O–H groups in total. The lowest BCUT2D eigenvalue weighted by molar-refractivity contribution is -0.138. The summed E-state index contributed by atoms with van der Waals surface area (Å²) < 4.78 is 39.4. The van der Waals surface area contributed by atoms with Crippen molar-refractivity contribution in [2.45, 2.75) is 25.6 Å². The Kier molecular flexibility index (Phi) is 3.80. The van der Waals surface area contributed by atoms with Gasteiger partial charge in [0.05, 0.1) is 17.8 Å². The molecule has 1 saturated heterocycles. The number of halogens is 3. The maximum absolute atomic E-state index is 13.1. The second-order valence-electron chi connectivity index (χ2n) is 4.74. The number of nitrogen functional groups attached to an aromatic ring is 1. The fourth-order valence-electron chi connectivity index (χ4n) is 2.36. The normalized spacial score (nSPS) is 19.6. The number of alkyl halides is 3. The summed E-state index contributed by atoms with van der Waals surface area (Å²) in [5, 5.41) is 2.12. The molecule has 1 aliphatic rings. The molecule has 0 aliphatic carbocycles. The summed E-state index contributed by atoms with van der Waals surface area (Å²) in [6, 6.07) is 2.48. The van der Waals surface area contributed by atoms with Crippen LogP contribution in [0.4, 0.5) is 24.5 Å². The molecule has 21 heavy (non-hydrogen) atoms. The van der Waals surface area contributed by atoms with Crippen molar-refractivity contribution in [3.8, 4) is 0 Å². The van der Waals surface area contributed by atoms with E-state index in [1.54, 1.807) is 6.92 Å². The Morgan fingerprint density at radius 3 is 2.62 bits per heavy atom. The van der Waals surface area contributed by atoms with Crippen molar-refractivity contribution in [2.24, 2.45) is 0 Å². The first-order valence-corrected chi connectivity index (χ1v) is 6.31. The van der Waals surface area contributed by atoms with Crippen LogP contribution >= 0.6 is 0 Å². The zero-order valence-corrected chi connectivity index (χ0v) is 11.2. The monoisotopic (exact) mass is 301 g/mol. The van der Waals surface area contributed by atoms with E-state index in [2.05, 4.69) is 5.32 Å². The summed E-state index contributed by atoms with van der Waals surface area (Å²) >= 11 is 0. The summed E-state index contributed by atoms with van der Waals surface area (Å²) in [5.41, 5.74) is 4.20. The highest BCUT2D eigenvalue weighted by molar-refractivity contribution is 6.04. The third-order valence-corrected chi connectivity index (χ3v) is 3.28. The van der Waals surface area contributed by atoms with Crippen LogP contribution in [0.2, 0.25) is 0 Å². The first-order chi connectivity index (χ1) is 9.74. The Labute approximate surface area is 118 Å². The van der Waals surface area contributed by atoms with Gasteiger partial charge in [0.15, 0.2) is 0 Å². The first kappa shape index (κ1) is 15.1. The average molecular weight is 301 g/mol. The lowest BCUT2D eigenvalue weighted by atomic mass is 10.0. The first-order valence-electron chi connectivity index (χ1n) is 6.31. The number of anilines is 2. The number of nitrogens with zero attached hydrogens (tertiary/aromatic N) is 1. The molecule has 1 atom stereocenters. The number of nitrogens with two attached hydrogens (primary N) is 1. The van der Waals surface area contributed by atoms with Gasteiger partial charge in [-0.15, -0.1) is 0 Å². The molecule has 0 saturated carbocycles. The van der Waals surface area contributed by atoms with E-state index in [0.717, 1.165) is 6.07 Å². The molecular weight excluding hydrogens is 287 g/mol. The standard InChI is InChI=1S/C13H14F3N3O2/c1-2-9-12(21)18-11(20)6-19(9)10-4-3-7(17)5-8(10)13(14,15)16/h3-5,9H,2,6,17H2,1H3,(H,18,20,21). The van der Waals surface area contributed by atoms with Gasteiger partial charge in [0, 0.05) is 5.69 Å². The fourth-order valence-corrected chi connectivity index (χ4v) is 2.36.